The van der Waals surface area contributed by atoms with Gasteiger partial charge in [0, 0.05) is 39.5 Å². The lowest BCUT2D eigenvalue weighted by atomic mass is 9.77. The first kappa shape index (κ1) is 46.1. The highest BCUT2D eigenvalue weighted by atomic mass is 16.5. The minimum absolute atomic E-state index is 0.0785. The van der Waals surface area contributed by atoms with E-state index in [0.717, 1.165) is 66.6 Å². The first-order chi connectivity index (χ1) is 48.1. The summed E-state index contributed by atoms with van der Waals surface area (Å²) >= 11 is 0. The summed E-state index contributed by atoms with van der Waals surface area (Å²) in [5.41, 5.74) is 1.95. The van der Waals surface area contributed by atoms with Crippen LogP contribution in [-0.2, 0) is 43.3 Å². The topological polar surface area (TPSA) is 35.9 Å². The number of ether oxygens (including phenoxy) is 1. The predicted octanol–water partition coefficient (Wildman–Crippen LogP) is 22.7. The Morgan fingerprint density at radius 1 is 0.467 bits per heavy atom. The van der Waals surface area contributed by atoms with E-state index < -0.39 is 95.7 Å². The summed E-state index contributed by atoms with van der Waals surface area (Å²) < 4.78 is 154. The molecule has 1 aliphatic rings. The highest BCUT2D eigenvalue weighted by molar-refractivity contribution is 6.09. The van der Waals surface area contributed by atoms with Crippen molar-refractivity contribution in [2.75, 3.05) is 0 Å². The summed E-state index contributed by atoms with van der Waals surface area (Å²) in [7, 11) is 0. The van der Waals surface area contributed by atoms with Crippen molar-refractivity contribution in [2.45, 2.75) is 202 Å². The molecule has 0 spiro atoms. The standard InChI is InChI=1S/C85H96N4O/c1-78(2,3)57-36-37-86-76(48-57)89-72-29-24-23-28-66(72)67-33-32-65(50-74(67)89)90-64-27-25-26-63(49-64)87-52-88(73-35-31-53(43-75(73)87)55-38-58(79(4,5)6)44-59(39-55)80(7,8)9)77-68(54-30-34-70-71(42-54)85(21,22)51-84(70,19)20)46-62(83(16,17)18)47-69(77)56-40-60(81(10,11)12)45-61(41-56)82(13,14)15/h23-50H,51H2,1-22H3/i19D3,20D3,21D3,22D3,30D,34D,42D. The fraction of sp³-hybridized carbons (Fsp3) is 0.365. The lowest BCUT2D eigenvalue weighted by molar-refractivity contribution is -0.571. The number of aromatic nitrogens is 4. The van der Waals surface area contributed by atoms with Gasteiger partial charge in [-0.1, -0.05) is 255 Å². The van der Waals surface area contributed by atoms with Crippen molar-refractivity contribution in [1.29, 1.82) is 0 Å². The van der Waals surface area contributed by atoms with Crippen molar-refractivity contribution < 1.29 is 29.9 Å². The van der Waals surface area contributed by atoms with Crippen LogP contribution in [0.15, 0.2) is 170 Å². The van der Waals surface area contributed by atoms with Crippen LogP contribution in [0.25, 0.3) is 83.4 Å². The molecule has 8 aromatic carbocycles. The summed E-state index contributed by atoms with van der Waals surface area (Å²) in [4.78, 5) is 4.92. The van der Waals surface area contributed by atoms with Crippen LogP contribution < -0.4 is 9.30 Å². The predicted molar refractivity (Wildman–Crippen MR) is 381 cm³/mol. The van der Waals surface area contributed by atoms with Crippen LogP contribution in [0.5, 0.6) is 11.5 Å². The smallest absolute Gasteiger partial charge is 0.269 e. The second-order valence-corrected chi connectivity index (χ2v) is 31.5. The van der Waals surface area contributed by atoms with Gasteiger partial charge in [-0.3, -0.25) is 13.7 Å². The van der Waals surface area contributed by atoms with Crippen LogP contribution in [0.4, 0.5) is 0 Å². The van der Waals surface area contributed by atoms with E-state index in [2.05, 4.69) is 194 Å². The summed E-state index contributed by atoms with van der Waals surface area (Å²) in [5, 5.41) is 2.07. The monoisotopic (exact) mass is 1200 g/mol. The molecule has 0 amide bonds. The molecule has 462 valence electrons. The van der Waals surface area contributed by atoms with Crippen molar-refractivity contribution in [2.24, 2.45) is 0 Å². The molecule has 5 heteroatoms. The zero-order chi connectivity index (χ0) is 77.4. The molecule has 3 heterocycles. The van der Waals surface area contributed by atoms with E-state index >= 15 is 0 Å². The van der Waals surface area contributed by atoms with E-state index in [9.17, 15) is 12.3 Å². The summed E-state index contributed by atoms with van der Waals surface area (Å²) in [6, 6.07) is 46.6. The molecule has 0 N–H and O–H groups in total. The molecule has 12 rings (SSSR count). The van der Waals surface area contributed by atoms with Gasteiger partial charge < -0.3 is 4.74 Å². The molecule has 0 bridgehead atoms. The fourth-order valence-corrected chi connectivity index (χ4v) is 12.5. The van der Waals surface area contributed by atoms with Gasteiger partial charge in [0.2, 0.25) is 0 Å². The number of pyridine rings is 1. The number of hydrogen-bond donors (Lipinski definition) is 0. The van der Waals surface area contributed by atoms with E-state index in [1.807, 2.05) is 96.8 Å². The molecular formula is C85H96N4O. The lowest BCUT2D eigenvalue weighted by Crippen LogP contribution is -2.32. The molecule has 0 saturated heterocycles. The van der Waals surface area contributed by atoms with E-state index in [4.69, 9.17) is 17.9 Å². The second kappa shape index (κ2) is 21.3. The Morgan fingerprint density at radius 3 is 1.63 bits per heavy atom. The van der Waals surface area contributed by atoms with Gasteiger partial charge >= 0.3 is 0 Å². The number of fused-ring (bicyclic) bond motifs is 5. The van der Waals surface area contributed by atoms with Gasteiger partial charge in [0.15, 0.2) is 0 Å². The Balaban J connectivity index is 1.22. The maximum Gasteiger partial charge on any atom is 0.269 e. The average Bonchev–Trinajstić information content (AvgIpc) is 1.49. The van der Waals surface area contributed by atoms with Crippen LogP contribution in [0.3, 0.4) is 0 Å². The van der Waals surface area contributed by atoms with Crippen molar-refractivity contribution in [3.63, 3.8) is 0 Å². The number of rotatable bonds is 8. The minimum Gasteiger partial charge on any atom is -0.458 e. The second-order valence-electron chi connectivity index (χ2n) is 31.5. The van der Waals surface area contributed by atoms with E-state index in [1.165, 1.54) is 0 Å². The van der Waals surface area contributed by atoms with Gasteiger partial charge in [0.1, 0.15) is 17.3 Å². The van der Waals surface area contributed by atoms with E-state index in [-0.39, 0.29) is 21.8 Å². The van der Waals surface area contributed by atoms with Crippen molar-refractivity contribution >= 4 is 32.8 Å². The van der Waals surface area contributed by atoms with Crippen LogP contribution >= 0.6 is 0 Å². The van der Waals surface area contributed by atoms with Crippen molar-refractivity contribution in [1.82, 2.24) is 14.1 Å². The molecule has 5 nitrogen and oxygen atoms in total. The molecule has 1 aliphatic carbocycles. The zero-order valence-electron chi connectivity index (χ0n) is 70.8. The molecule has 0 unspecified atom stereocenters. The third kappa shape index (κ3) is 11.5. The average molecular weight is 1200 g/mol. The van der Waals surface area contributed by atoms with Crippen LogP contribution in [0.2, 0.25) is 0 Å². The molecule has 0 aliphatic heterocycles. The number of imidazole rings is 1. The SMILES string of the molecule is [2H]c1c([2H])c2c(c([2H])c1-c1cc(C(C)(C)C)cc(-c3cc(C(C)(C)C)cc(C(C)(C)C)c3)c1-[n+]1[c-]n(-c3cccc(Oc4ccc5c6ccccc6n(-c6cc(C(C)(C)C)ccn6)c5c4)c3)c3cc(-c4cc(C(C)(C)C)cc(C(C)(C)C)c4)ccc31)C(C([2H])([2H])[2H])(C([2H])([2H])[2H])CC2(C([2H])([2H])[2H])C([2H])([2H])[2H]. The largest absolute Gasteiger partial charge is 0.458 e. The Labute approximate surface area is 559 Å². The molecular weight excluding hydrogens is 1090 g/mol. The third-order valence-electron chi connectivity index (χ3n) is 18.1. The minimum atomic E-state index is -3.71. The van der Waals surface area contributed by atoms with Gasteiger partial charge in [-0.2, -0.15) is 0 Å². The number of para-hydroxylation sites is 1. The number of nitrogens with zero attached hydrogens (tertiary/aromatic N) is 4. The van der Waals surface area contributed by atoms with Gasteiger partial charge in [-0.25, -0.2) is 4.98 Å². The first-order valence-corrected chi connectivity index (χ1v) is 31.6. The van der Waals surface area contributed by atoms with Gasteiger partial charge in [0.05, 0.1) is 37.6 Å². The molecule has 0 atom stereocenters. The number of benzene rings is 8. The Morgan fingerprint density at radius 2 is 1.02 bits per heavy atom. The van der Waals surface area contributed by atoms with Crippen LogP contribution in [0.1, 0.15) is 224 Å². The summed E-state index contributed by atoms with van der Waals surface area (Å²) in [5.74, 6) is 1.80. The zero-order valence-corrected chi connectivity index (χ0v) is 55.8. The first-order valence-electron chi connectivity index (χ1n) is 39.1. The third-order valence-corrected chi connectivity index (χ3v) is 18.1. The van der Waals surface area contributed by atoms with E-state index in [1.54, 1.807) is 6.07 Å². The normalized spacial score (nSPS) is 17.7. The van der Waals surface area contributed by atoms with Crippen LogP contribution in [0, 0.1) is 6.33 Å². The van der Waals surface area contributed by atoms with Crippen molar-refractivity contribution in [3.05, 3.63) is 221 Å². The van der Waals surface area contributed by atoms with Gasteiger partial charge in [-0.15, -0.1) is 0 Å². The Bertz CT molecular complexity index is 5220. The molecule has 0 saturated carbocycles. The Hall–Kier alpha value is -8.02. The molecule has 0 fully saturated rings. The molecule has 90 heavy (non-hydrogen) atoms. The maximum atomic E-state index is 10.7. The van der Waals surface area contributed by atoms with E-state index in [0.29, 0.717) is 50.6 Å². The van der Waals surface area contributed by atoms with Gasteiger partial charge in [-0.05, 0) is 182 Å². The molecule has 3 aromatic heterocycles. The highest BCUT2D eigenvalue weighted by Crippen LogP contribution is 2.52. The number of hydrogen-bond acceptors (Lipinski definition) is 2. The molecule has 11 aromatic rings. The Kier molecular flexibility index (Phi) is 10.9. The fourth-order valence-electron chi connectivity index (χ4n) is 12.5. The summed E-state index contributed by atoms with van der Waals surface area (Å²) in [6.45, 7) is 23.7. The quantitative estimate of drug-likeness (QED) is 0.112. The van der Waals surface area contributed by atoms with Gasteiger partial charge in [0.25, 0.3) is 6.33 Å². The maximum absolute atomic E-state index is 10.7. The van der Waals surface area contributed by atoms with Crippen LogP contribution in [-0.4, -0.2) is 14.1 Å². The highest BCUT2D eigenvalue weighted by Gasteiger charge is 2.42. The lowest BCUT2D eigenvalue weighted by Gasteiger charge is -2.29. The molecule has 0 radical (unpaired) electrons. The van der Waals surface area contributed by atoms with Crippen molar-refractivity contribution in [3.8, 4) is 62.1 Å². The summed E-state index contributed by atoms with van der Waals surface area (Å²) in [6.07, 6.45) is 4.13.